The van der Waals surface area contributed by atoms with Crippen LogP contribution in [0.5, 0.6) is 5.75 Å². The molecule has 1 aliphatic rings. The third-order valence-electron chi connectivity index (χ3n) is 5.27. The van der Waals surface area contributed by atoms with E-state index in [2.05, 4.69) is 19.9 Å². The van der Waals surface area contributed by atoms with Crippen LogP contribution in [0, 0.1) is 13.8 Å². The van der Waals surface area contributed by atoms with Gasteiger partial charge < -0.3 is 9.72 Å². The van der Waals surface area contributed by atoms with Gasteiger partial charge in [0.1, 0.15) is 5.69 Å². The van der Waals surface area contributed by atoms with Crippen molar-refractivity contribution in [2.75, 3.05) is 13.1 Å². The van der Waals surface area contributed by atoms with Crippen LogP contribution in [0.1, 0.15) is 22.5 Å². The van der Waals surface area contributed by atoms with Crippen molar-refractivity contribution in [3.8, 4) is 17.3 Å². The molecular formula is C23H21F3N4O2. The van der Waals surface area contributed by atoms with Crippen LogP contribution in [0.4, 0.5) is 13.2 Å². The number of imidazole rings is 1. The molecule has 3 heterocycles. The van der Waals surface area contributed by atoms with E-state index < -0.39 is 12.1 Å². The quantitative estimate of drug-likeness (QED) is 0.591. The number of aromatic amines is 1. The summed E-state index contributed by atoms with van der Waals surface area (Å²) in [5.74, 6) is -2.31. The zero-order valence-electron chi connectivity index (χ0n) is 17.5. The zero-order chi connectivity index (χ0) is 22.9. The van der Waals surface area contributed by atoms with Gasteiger partial charge in [0.15, 0.2) is 11.6 Å². The van der Waals surface area contributed by atoms with E-state index in [1.165, 1.54) is 6.20 Å². The number of rotatable bonds is 5. The number of ether oxygens (including phenoxy) is 1. The van der Waals surface area contributed by atoms with Crippen molar-refractivity contribution in [2.24, 2.45) is 0 Å². The first-order valence-corrected chi connectivity index (χ1v) is 9.99. The Hall–Kier alpha value is -3.46. The molecule has 0 bridgehead atoms. The van der Waals surface area contributed by atoms with Gasteiger partial charge in [0.2, 0.25) is 0 Å². The molecule has 3 aromatic rings. The number of alkyl halides is 3. The number of halogens is 3. The summed E-state index contributed by atoms with van der Waals surface area (Å²) in [4.78, 5) is 25.4. The molecule has 0 fully saturated rings. The van der Waals surface area contributed by atoms with E-state index in [1.807, 2.05) is 36.4 Å². The molecule has 2 aromatic heterocycles. The highest BCUT2D eigenvalue weighted by molar-refractivity contribution is 5.85. The molecule has 6 nitrogen and oxygen atoms in total. The fourth-order valence-corrected chi connectivity index (χ4v) is 3.55. The van der Waals surface area contributed by atoms with Gasteiger partial charge in [0, 0.05) is 37.1 Å². The van der Waals surface area contributed by atoms with Crippen LogP contribution in [-0.4, -0.2) is 45.1 Å². The number of pyridine rings is 1. The van der Waals surface area contributed by atoms with Gasteiger partial charge in [-0.15, -0.1) is 0 Å². The lowest BCUT2D eigenvalue weighted by molar-refractivity contribution is -0.189. The molecule has 0 saturated heterocycles. The highest BCUT2D eigenvalue weighted by Gasteiger charge is 2.42. The van der Waals surface area contributed by atoms with Crippen molar-refractivity contribution in [1.29, 1.82) is 0 Å². The molecular weight excluding hydrogens is 421 g/mol. The van der Waals surface area contributed by atoms with Crippen LogP contribution in [0.25, 0.3) is 17.1 Å². The Labute approximate surface area is 182 Å². The first-order valence-electron chi connectivity index (χ1n) is 9.99. The van der Waals surface area contributed by atoms with Gasteiger partial charge in [-0.05, 0) is 31.1 Å². The number of benzene rings is 1. The fraction of sp³-hybridized carbons (Fsp3) is 0.261. The summed E-state index contributed by atoms with van der Waals surface area (Å²) in [6.45, 7) is 5.35. The molecule has 4 rings (SSSR count). The lowest BCUT2D eigenvalue weighted by Crippen LogP contribution is -2.28. The molecule has 1 aliphatic heterocycles. The summed E-state index contributed by atoms with van der Waals surface area (Å²) in [7, 11) is 0. The molecule has 166 valence electrons. The predicted molar refractivity (Wildman–Crippen MR) is 113 cm³/mol. The zero-order valence-corrected chi connectivity index (χ0v) is 17.5. The minimum absolute atomic E-state index is 0.0544. The highest BCUT2D eigenvalue weighted by Crippen LogP contribution is 2.37. The number of aromatic nitrogens is 3. The Morgan fingerprint density at radius 1 is 1.19 bits per heavy atom. The van der Waals surface area contributed by atoms with Gasteiger partial charge in [-0.1, -0.05) is 36.4 Å². The van der Waals surface area contributed by atoms with Crippen LogP contribution in [0.15, 0.2) is 48.7 Å². The maximum Gasteiger partial charge on any atom is 0.491 e. The minimum Gasteiger partial charge on any atom is -0.417 e. The van der Waals surface area contributed by atoms with E-state index in [4.69, 9.17) is 4.74 Å². The Kier molecular flexibility index (Phi) is 5.84. The number of hydrogen-bond acceptors (Lipinski definition) is 5. The third-order valence-corrected chi connectivity index (χ3v) is 5.27. The van der Waals surface area contributed by atoms with Gasteiger partial charge in [-0.3, -0.25) is 4.90 Å². The average molecular weight is 442 g/mol. The normalized spacial score (nSPS) is 14.5. The van der Waals surface area contributed by atoms with Crippen LogP contribution >= 0.6 is 0 Å². The number of nitrogens with zero attached hydrogens (tertiary/aromatic N) is 3. The fourth-order valence-electron chi connectivity index (χ4n) is 3.55. The van der Waals surface area contributed by atoms with Crippen molar-refractivity contribution < 1.29 is 22.7 Å². The highest BCUT2D eigenvalue weighted by atomic mass is 19.4. The van der Waals surface area contributed by atoms with Crippen molar-refractivity contribution in [3.63, 3.8) is 0 Å². The topological polar surface area (TPSA) is 71.1 Å². The molecule has 9 heteroatoms. The summed E-state index contributed by atoms with van der Waals surface area (Å²) >= 11 is 0. The molecule has 0 spiro atoms. The molecule has 0 unspecified atom stereocenters. The third kappa shape index (κ3) is 4.57. The Morgan fingerprint density at radius 3 is 2.59 bits per heavy atom. The van der Waals surface area contributed by atoms with Crippen molar-refractivity contribution in [2.45, 2.75) is 26.6 Å². The second-order valence-electron chi connectivity index (χ2n) is 7.60. The standard InChI is InChI=1S/C23H21F3N4O2/c1-14-15(2)29-21(28-14)19-20(32-22(31)23(24,25)26)18(8-10-27-19)17-9-11-30(13-17)12-16-6-4-3-5-7-16/h3-10H,11-13H2,1-2H3,(H,28,29). The van der Waals surface area contributed by atoms with Gasteiger partial charge in [-0.25, -0.2) is 14.8 Å². The number of carbonyl (C=O) groups is 1. The van der Waals surface area contributed by atoms with Gasteiger partial charge in [0.25, 0.3) is 0 Å². The SMILES string of the molecule is Cc1nc(-c2nccc(C3=CCN(Cc4ccccc4)C3)c2OC(=O)C(F)(F)F)[nH]c1C. The first-order chi connectivity index (χ1) is 15.2. The van der Waals surface area contributed by atoms with Crippen molar-refractivity contribution >= 4 is 11.5 Å². The molecule has 32 heavy (non-hydrogen) atoms. The Bertz CT molecular complexity index is 1150. The number of hydrogen-bond donors (Lipinski definition) is 1. The summed E-state index contributed by atoms with van der Waals surface area (Å²) in [6, 6.07) is 11.4. The monoisotopic (exact) mass is 442 g/mol. The average Bonchev–Trinajstić information content (AvgIpc) is 3.34. The van der Waals surface area contributed by atoms with E-state index in [-0.39, 0.29) is 17.3 Å². The first kappa shape index (κ1) is 21.8. The molecule has 0 saturated carbocycles. The molecule has 0 atom stereocenters. The molecule has 0 radical (unpaired) electrons. The predicted octanol–water partition coefficient (Wildman–Crippen LogP) is 4.46. The summed E-state index contributed by atoms with van der Waals surface area (Å²) in [6.07, 6.45) is -1.74. The van der Waals surface area contributed by atoms with Crippen molar-refractivity contribution in [1.82, 2.24) is 19.9 Å². The van der Waals surface area contributed by atoms with E-state index in [9.17, 15) is 18.0 Å². The smallest absolute Gasteiger partial charge is 0.417 e. The maximum absolute atomic E-state index is 13.0. The lowest BCUT2D eigenvalue weighted by Gasteiger charge is -2.18. The maximum atomic E-state index is 13.0. The van der Waals surface area contributed by atoms with Crippen LogP contribution in [0.2, 0.25) is 0 Å². The summed E-state index contributed by atoms with van der Waals surface area (Å²) < 4.78 is 43.9. The van der Waals surface area contributed by atoms with Crippen molar-refractivity contribution in [3.05, 3.63) is 71.2 Å². The van der Waals surface area contributed by atoms with Crippen LogP contribution in [0.3, 0.4) is 0 Å². The number of carbonyl (C=O) groups excluding carboxylic acids is 1. The van der Waals surface area contributed by atoms with E-state index in [1.54, 1.807) is 19.9 Å². The molecule has 0 aliphatic carbocycles. The van der Waals surface area contributed by atoms with Gasteiger partial charge >= 0.3 is 12.1 Å². The number of aryl methyl sites for hydroxylation is 2. The summed E-state index contributed by atoms with van der Waals surface area (Å²) in [5.41, 5.74) is 3.75. The molecule has 1 N–H and O–H groups in total. The molecule has 0 amide bonds. The van der Waals surface area contributed by atoms with Crippen LogP contribution in [-0.2, 0) is 11.3 Å². The second kappa shape index (κ2) is 8.58. The summed E-state index contributed by atoms with van der Waals surface area (Å²) in [5, 5.41) is 0. The van der Waals surface area contributed by atoms with Gasteiger partial charge in [0.05, 0.1) is 5.69 Å². The second-order valence-corrected chi connectivity index (χ2v) is 7.60. The number of nitrogens with one attached hydrogen (secondary N) is 1. The Balaban J connectivity index is 1.68. The number of H-pyrrole nitrogens is 1. The number of esters is 1. The van der Waals surface area contributed by atoms with E-state index >= 15 is 0 Å². The van der Waals surface area contributed by atoms with Gasteiger partial charge in [-0.2, -0.15) is 13.2 Å². The van der Waals surface area contributed by atoms with E-state index in [0.29, 0.717) is 30.9 Å². The minimum atomic E-state index is -5.14. The largest absolute Gasteiger partial charge is 0.491 e. The Morgan fingerprint density at radius 2 is 1.94 bits per heavy atom. The molecule has 1 aromatic carbocycles. The van der Waals surface area contributed by atoms with E-state index in [0.717, 1.165) is 16.8 Å². The van der Waals surface area contributed by atoms with Crippen LogP contribution < -0.4 is 4.74 Å². The lowest BCUT2D eigenvalue weighted by atomic mass is 10.1.